The van der Waals surface area contributed by atoms with Gasteiger partial charge in [0.2, 0.25) is 0 Å². The molecule has 1 aromatic heterocycles. The normalized spacial score (nSPS) is 40.8. The van der Waals surface area contributed by atoms with Crippen molar-refractivity contribution in [2.45, 2.75) is 109 Å². The highest BCUT2D eigenvalue weighted by Crippen LogP contribution is 2.55. The van der Waals surface area contributed by atoms with Gasteiger partial charge in [0.25, 0.3) is 0 Å². The first-order valence-corrected chi connectivity index (χ1v) is 14.6. The Labute approximate surface area is 233 Å². The number of hydrogen-bond acceptors (Lipinski definition) is 9. The Balaban J connectivity index is 1.62. The van der Waals surface area contributed by atoms with E-state index < -0.39 is 53.2 Å². The first-order chi connectivity index (χ1) is 17.7. The molecule has 3 aliphatic heterocycles. The fraction of sp³-hybridized carbons (Fsp3) is 0.750. The summed E-state index contributed by atoms with van der Waals surface area (Å²) in [6.45, 7) is 11.5. The highest BCUT2D eigenvalue weighted by Gasteiger charge is 2.63. The monoisotopic (exact) mass is 569 g/mol. The molecule has 4 rings (SSSR count). The zero-order valence-electron chi connectivity index (χ0n) is 23.0. The zero-order chi connectivity index (χ0) is 28.0. The number of rotatable bonds is 3. The van der Waals surface area contributed by atoms with Crippen LogP contribution in [0, 0.1) is 24.2 Å². The number of thiazole rings is 1. The molecule has 3 saturated heterocycles. The number of ketones is 1. The van der Waals surface area contributed by atoms with Crippen LogP contribution in [-0.4, -0.2) is 69.2 Å². The fourth-order valence-electron chi connectivity index (χ4n) is 5.58. The summed E-state index contributed by atoms with van der Waals surface area (Å²) in [4.78, 5) is 31.2. The van der Waals surface area contributed by atoms with Gasteiger partial charge in [0.15, 0.2) is 0 Å². The number of nitrogens with zero attached hydrogens (tertiary/aromatic N) is 1. The van der Waals surface area contributed by atoms with Gasteiger partial charge in [-0.25, -0.2) is 4.98 Å². The maximum Gasteiger partial charge on any atom is 0.309 e. The minimum atomic E-state index is -1.32. The van der Waals surface area contributed by atoms with Crippen molar-refractivity contribution in [1.82, 2.24) is 4.98 Å². The number of halogens is 1. The average molecular weight is 570 g/mol. The van der Waals surface area contributed by atoms with Crippen LogP contribution >= 0.6 is 22.9 Å². The Morgan fingerprint density at radius 3 is 2.50 bits per heavy atom. The molecule has 0 saturated carbocycles. The lowest BCUT2D eigenvalue weighted by Gasteiger charge is -2.35. The largest absolute Gasteiger partial charge is 0.456 e. The first kappa shape index (κ1) is 29.6. The van der Waals surface area contributed by atoms with Crippen LogP contribution in [0.5, 0.6) is 0 Å². The van der Waals surface area contributed by atoms with Gasteiger partial charge in [-0.15, -0.1) is 11.3 Å². The van der Waals surface area contributed by atoms with Crippen molar-refractivity contribution < 1.29 is 34.0 Å². The summed E-state index contributed by atoms with van der Waals surface area (Å²) in [5.74, 6) is -1.91. The highest BCUT2D eigenvalue weighted by molar-refractivity contribution is 7.09. The molecule has 0 spiro atoms. The molecular weight excluding hydrogens is 530 g/mol. The number of carbonyl (C=O) groups is 2. The molecule has 3 fully saturated rings. The third-order valence-electron chi connectivity index (χ3n) is 8.76. The molecule has 212 valence electrons. The lowest BCUT2D eigenvalue weighted by atomic mass is 9.71. The molecule has 4 heterocycles. The summed E-state index contributed by atoms with van der Waals surface area (Å²) in [6, 6.07) is 0. The zero-order valence-corrected chi connectivity index (χ0v) is 24.6. The molecule has 0 radical (unpaired) electrons. The van der Waals surface area contributed by atoms with Crippen LogP contribution in [0.25, 0.3) is 6.08 Å². The van der Waals surface area contributed by atoms with Gasteiger partial charge in [0.05, 0.1) is 69.6 Å². The second-order valence-corrected chi connectivity index (χ2v) is 13.6. The van der Waals surface area contributed by atoms with Crippen molar-refractivity contribution in [2.24, 2.45) is 17.3 Å². The third kappa shape index (κ3) is 6.18. The Kier molecular flexibility index (Phi) is 8.50. The molecule has 0 amide bonds. The van der Waals surface area contributed by atoms with E-state index in [4.69, 9.17) is 25.8 Å². The van der Waals surface area contributed by atoms with E-state index in [0.29, 0.717) is 30.2 Å². The number of epoxide rings is 2. The minimum absolute atomic E-state index is 0.153. The molecule has 8 nitrogen and oxygen atoms in total. The number of aliphatic hydroxyl groups is 2. The van der Waals surface area contributed by atoms with E-state index in [-0.39, 0.29) is 17.8 Å². The minimum Gasteiger partial charge on any atom is -0.456 e. The summed E-state index contributed by atoms with van der Waals surface area (Å²) in [5, 5.41) is 25.3. The van der Waals surface area contributed by atoms with Crippen LogP contribution in [-0.2, 0) is 23.8 Å². The van der Waals surface area contributed by atoms with Gasteiger partial charge < -0.3 is 24.4 Å². The predicted octanol–water partition coefficient (Wildman–Crippen LogP) is 4.42. The number of esters is 1. The lowest BCUT2D eigenvalue weighted by Crippen LogP contribution is -2.48. The number of aromatic nitrogens is 1. The second kappa shape index (κ2) is 10.9. The van der Waals surface area contributed by atoms with Gasteiger partial charge in [0, 0.05) is 11.8 Å². The molecule has 3 aliphatic rings. The maximum absolute atomic E-state index is 13.6. The van der Waals surface area contributed by atoms with E-state index >= 15 is 0 Å². The van der Waals surface area contributed by atoms with Crippen LogP contribution in [0.3, 0.4) is 0 Å². The van der Waals surface area contributed by atoms with E-state index in [0.717, 1.165) is 17.8 Å². The lowest BCUT2D eigenvalue weighted by molar-refractivity contribution is -0.155. The Morgan fingerprint density at radius 2 is 1.89 bits per heavy atom. The molecule has 0 bridgehead atoms. The average Bonchev–Trinajstić information content (AvgIpc) is 3.70. The number of aryl methyl sites for hydroxylation is 1. The molecular formula is C28H40ClNO7S. The molecule has 0 aromatic carbocycles. The van der Waals surface area contributed by atoms with Gasteiger partial charge >= 0.3 is 5.97 Å². The van der Waals surface area contributed by atoms with Gasteiger partial charge in [-0.2, -0.15) is 0 Å². The van der Waals surface area contributed by atoms with Crippen LogP contribution in [0.15, 0.2) is 10.4 Å². The summed E-state index contributed by atoms with van der Waals surface area (Å²) in [5.41, 5.74) is -1.63. The molecule has 10 heteroatoms. The second-order valence-electron chi connectivity index (χ2n) is 12.1. The van der Waals surface area contributed by atoms with Crippen molar-refractivity contribution in [2.75, 3.05) is 6.61 Å². The Bertz CT molecular complexity index is 1090. The van der Waals surface area contributed by atoms with Crippen molar-refractivity contribution in [1.29, 1.82) is 0 Å². The van der Waals surface area contributed by atoms with Crippen molar-refractivity contribution in [3.8, 4) is 0 Å². The van der Waals surface area contributed by atoms with Crippen LogP contribution in [0.2, 0.25) is 0 Å². The van der Waals surface area contributed by atoms with Gasteiger partial charge in [-0.3, -0.25) is 9.59 Å². The standard InChI is InChI=1S/C28H40ClNO7S/c1-15-8-7-9-27(5)28(6,37-27)12-19(18(29)10-17-14-38-16(2)30-17)36-22(32)11-21(31)26(3,4)25(34)23(24(15)33)20-13-35-20/h10,14-15,19-21,23-24,31,33H,7-9,11-13H2,1-6H3/t15-,19-,20?,21-,23-,24-,27+,28-/m0/s1. The fourth-order valence-corrected chi connectivity index (χ4v) is 6.38. The van der Waals surface area contributed by atoms with E-state index in [1.54, 1.807) is 19.9 Å². The smallest absolute Gasteiger partial charge is 0.309 e. The van der Waals surface area contributed by atoms with E-state index in [9.17, 15) is 19.8 Å². The van der Waals surface area contributed by atoms with Crippen molar-refractivity contribution in [3.63, 3.8) is 0 Å². The van der Waals surface area contributed by atoms with Gasteiger partial charge in [-0.1, -0.05) is 38.8 Å². The number of ether oxygens (including phenoxy) is 3. The molecule has 8 atom stereocenters. The topological polar surface area (TPSA) is 122 Å². The van der Waals surface area contributed by atoms with E-state index in [1.165, 1.54) is 11.3 Å². The number of aliphatic hydroxyl groups excluding tert-OH is 2. The maximum atomic E-state index is 13.6. The summed E-state index contributed by atoms with van der Waals surface area (Å²) in [7, 11) is 0. The van der Waals surface area contributed by atoms with Crippen molar-refractivity contribution >= 4 is 40.8 Å². The van der Waals surface area contributed by atoms with Gasteiger partial charge in [0.1, 0.15) is 11.9 Å². The number of fused-ring (bicyclic) bond motifs is 1. The Morgan fingerprint density at radius 1 is 1.21 bits per heavy atom. The molecule has 1 unspecified atom stereocenters. The SMILES string of the molecule is Cc1nc(C=C(Cl)[C@@H]2C[C@]3(C)O[C@]3(C)CCC[C@H](C)[C@H](O)[C@H](C3CO3)C(=O)C(C)(C)[C@@H](O)CC(=O)O2)cs1. The Hall–Kier alpha value is -1.36. The quantitative estimate of drug-likeness (QED) is 0.405. The summed E-state index contributed by atoms with van der Waals surface area (Å²) in [6.07, 6.45) is 0.461. The summed E-state index contributed by atoms with van der Waals surface area (Å²) >= 11 is 8.20. The molecule has 38 heavy (non-hydrogen) atoms. The van der Waals surface area contributed by atoms with E-state index in [1.807, 2.05) is 33.1 Å². The van der Waals surface area contributed by atoms with Crippen LogP contribution < -0.4 is 0 Å². The number of carbonyl (C=O) groups excluding carboxylic acids is 2. The van der Waals surface area contributed by atoms with Crippen LogP contribution in [0.1, 0.15) is 77.4 Å². The molecule has 2 N–H and O–H groups in total. The predicted molar refractivity (Wildman–Crippen MR) is 145 cm³/mol. The summed E-state index contributed by atoms with van der Waals surface area (Å²) < 4.78 is 17.5. The van der Waals surface area contributed by atoms with E-state index in [2.05, 4.69) is 4.98 Å². The van der Waals surface area contributed by atoms with Crippen LogP contribution in [0.4, 0.5) is 0 Å². The molecule has 1 aromatic rings. The number of cyclic esters (lactones) is 1. The molecule has 0 aliphatic carbocycles. The first-order valence-electron chi connectivity index (χ1n) is 13.4. The number of hydrogen-bond donors (Lipinski definition) is 2. The highest BCUT2D eigenvalue weighted by atomic mass is 35.5. The van der Waals surface area contributed by atoms with Crippen molar-refractivity contribution in [3.05, 3.63) is 21.1 Å². The number of Topliss-reactive ketones (excluding diaryl/α,β-unsaturated/α-hetero) is 1. The third-order valence-corrected chi connectivity index (χ3v) is 9.91. The van der Waals surface area contributed by atoms with Gasteiger partial charge in [-0.05, 0) is 45.6 Å².